The van der Waals surface area contributed by atoms with E-state index < -0.39 is 10.0 Å². The minimum Gasteiger partial charge on any atom is -0.278 e. The van der Waals surface area contributed by atoms with Crippen LogP contribution in [0.1, 0.15) is 46.9 Å². The lowest BCUT2D eigenvalue weighted by atomic mass is 10.1. The summed E-state index contributed by atoms with van der Waals surface area (Å²) in [5.41, 5.74) is 4.26. The lowest BCUT2D eigenvalue weighted by Crippen LogP contribution is -2.31. The lowest BCUT2D eigenvalue weighted by molar-refractivity contribution is 0.0984. The summed E-state index contributed by atoms with van der Waals surface area (Å²) >= 11 is 1.45. The highest BCUT2D eigenvalue weighted by Crippen LogP contribution is 2.32. The molecule has 0 atom stereocenters. The SMILES string of the molecule is CCCCN(C)S(=O)(=O)c1ccc(C(=O)N(Cc2ccccn2)c2nc3cc(C)c(C)cc3s2)cc1. The molecule has 0 aliphatic heterocycles. The number of amides is 1. The first kappa shape index (κ1) is 25.9. The van der Waals surface area contributed by atoms with E-state index in [1.165, 1.54) is 33.3 Å². The molecule has 0 unspecified atom stereocenters. The number of thiazole rings is 1. The third kappa shape index (κ3) is 5.48. The van der Waals surface area contributed by atoms with Gasteiger partial charge in [0, 0.05) is 25.4 Å². The predicted molar refractivity (Wildman–Crippen MR) is 145 cm³/mol. The van der Waals surface area contributed by atoms with Crippen LogP contribution >= 0.6 is 11.3 Å². The maximum Gasteiger partial charge on any atom is 0.260 e. The van der Waals surface area contributed by atoms with E-state index in [1.807, 2.05) is 38.1 Å². The fourth-order valence-corrected chi connectivity index (χ4v) is 6.02. The Kier molecular flexibility index (Phi) is 7.82. The molecule has 0 radical (unpaired) electrons. The minimum absolute atomic E-state index is 0.167. The number of unbranched alkanes of at least 4 members (excludes halogenated alkanes) is 1. The average molecular weight is 523 g/mol. The zero-order valence-corrected chi connectivity index (χ0v) is 22.6. The molecule has 2 aromatic carbocycles. The van der Waals surface area contributed by atoms with Crippen LogP contribution in [0.15, 0.2) is 65.7 Å². The maximum atomic E-state index is 13.7. The fourth-order valence-electron chi connectivity index (χ4n) is 3.77. The number of fused-ring (bicyclic) bond motifs is 1. The zero-order chi connectivity index (χ0) is 25.9. The normalized spacial score (nSPS) is 11.8. The number of benzene rings is 2. The summed E-state index contributed by atoms with van der Waals surface area (Å²) in [6.07, 6.45) is 3.39. The van der Waals surface area contributed by atoms with Gasteiger partial charge in [0.25, 0.3) is 5.91 Å². The highest BCUT2D eigenvalue weighted by molar-refractivity contribution is 7.89. The van der Waals surface area contributed by atoms with Gasteiger partial charge >= 0.3 is 0 Å². The van der Waals surface area contributed by atoms with Gasteiger partial charge in [-0.1, -0.05) is 30.7 Å². The van der Waals surface area contributed by atoms with Crippen molar-refractivity contribution in [3.05, 3.63) is 83.2 Å². The van der Waals surface area contributed by atoms with E-state index in [-0.39, 0.29) is 17.3 Å². The van der Waals surface area contributed by atoms with Gasteiger partial charge in [0.05, 0.1) is 27.4 Å². The quantitative estimate of drug-likeness (QED) is 0.287. The molecule has 4 rings (SSSR count). The number of aryl methyl sites for hydroxylation is 2. The van der Waals surface area contributed by atoms with Gasteiger partial charge in [-0.05, 0) is 79.9 Å². The second kappa shape index (κ2) is 10.9. The Balaban J connectivity index is 1.68. The van der Waals surface area contributed by atoms with Gasteiger partial charge in [-0.25, -0.2) is 17.7 Å². The molecule has 0 fully saturated rings. The molecular formula is C27H30N4O3S2. The molecule has 0 bridgehead atoms. The van der Waals surface area contributed by atoms with Crippen LogP contribution in [0, 0.1) is 13.8 Å². The van der Waals surface area contributed by atoms with Crippen molar-refractivity contribution < 1.29 is 13.2 Å². The zero-order valence-electron chi connectivity index (χ0n) is 20.9. The summed E-state index contributed by atoms with van der Waals surface area (Å²) in [5, 5.41) is 0.571. The van der Waals surface area contributed by atoms with Gasteiger partial charge in [0.2, 0.25) is 10.0 Å². The third-order valence-electron chi connectivity index (χ3n) is 6.15. The highest BCUT2D eigenvalue weighted by Gasteiger charge is 2.24. The number of pyridine rings is 1. The number of hydrogen-bond acceptors (Lipinski definition) is 6. The Labute approximate surface area is 216 Å². The van der Waals surface area contributed by atoms with Crippen molar-refractivity contribution in [1.82, 2.24) is 14.3 Å². The van der Waals surface area contributed by atoms with Crippen LogP contribution in [-0.2, 0) is 16.6 Å². The third-order valence-corrected chi connectivity index (χ3v) is 9.06. The molecule has 0 aliphatic rings. The number of nitrogens with zero attached hydrogens (tertiary/aromatic N) is 4. The molecule has 7 nitrogen and oxygen atoms in total. The van der Waals surface area contributed by atoms with E-state index in [1.54, 1.807) is 30.3 Å². The van der Waals surface area contributed by atoms with Crippen molar-refractivity contribution in [2.45, 2.75) is 45.1 Å². The van der Waals surface area contributed by atoms with E-state index in [0.29, 0.717) is 17.2 Å². The number of rotatable bonds is 9. The standard InChI is InChI=1S/C27H30N4O3S2/c1-5-6-15-30(4)36(33,34)23-12-10-21(11-13-23)26(32)31(18-22-9-7-8-14-28-22)27-29-24-16-19(2)20(3)17-25(24)35-27/h7-14,16-17H,5-6,15,18H2,1-4H3. The number of carbonyl (C=O) groups is 1. The van der Waals surface area contributed by atoms with Gasteiger partial charge in [0.15, 0.2) is 5.13 Å². The smallest absolute Gasteiger partial charge is 0.260 e. The molecule has 2 heterocycles. The molecule has 1 amide bonds. The summed E-state index contributed by atoms with van der Waals surface area (Å²) in [7, 11) is -2.03. The van der Waals surface area contributed by atoms with Crippen molar-refractivity contribution >= 4 is 42.6 Å². The molecule has 4 aromatic rings. The molecule has 36 heavy (non-hydrogen) atoms. The summed E-state index contributed by atoms with van der Waals surface area (Å²) in [6.45, 7) is 6.82. The number of carbonyl (C=O) groups excluding carboxylic acids is 1. The van der Waals surface area contributed by atoms with Crippen LogP contribution in [-0.4, -0.2) is 42.2 Å². The lowest BCUT2D eigenvalue weighted by Gasteiger charge is -2.20. The molecule has 0 saturated carbocycles. The first-order valence-corrected chi connectivity index (χ1v) is 14.1. The van der Waals surface area contributed by atoms with Gasteiger partial charge in [0.1, 0.15) is 0 Å². The van der Waals surface area contributed by atoms with E-state index in [9.17, 15) is 13.2 Å². The second-order valence-electron chi connectivity index (χ2n) is 8.82. The number of hydrogen-bond donors (Lipinski definition) is 0. The van der Waals surface area contributed by atoms with Crippen molar-refractivity contribution in [2.75, 3.05) is 18.5 Å². The highest BCUT2D eigenvalue weighted by atomic mass is 32.2. The average Bonchev–Trinajstić information content (AvgIpc) is 3.28. The van der Waals surface area contributed by atoms with E-state index in [0.717, 1.165) is 34.3 Å². The Bertz CT molecular complexity index is 1430. The summed E-state index contributed by atoms with van der Waals surface area (Å²) < 4.78 is 28.1. The molecule has 0 spiro atoms. The minimum atomic E-state index is -3.61. The van der Waals surface area contributed by atoms with Gasteiger partial charge < -0.3 is 0 Å². The Hall–Kier alpha value is -3.14. The van der Waals surface area contributed by atoms with Gasteiger partial charge in [-0.15, -0.1) is 0 Å². The predicted octanol–water partition coefficient (Wildman–Crippen LogP) is 5.58. The van der Waals surface area contributed by atoms with E-state index in [2.05, 4.69) is 18.0 Å². The van der Waals surface area contributed by atoms with Crippen molar-refractivity contribution in [1.29, 1.82) is 0 Å². The van der Waals surface area contributed by atoms with Crippen LogP contribution in [0.4, 0.5) is 5.13 Å². The Morgan fingerprint density at radius 1 is 1.03 bits per heavy atom. The molecule has 0 saturated heterocycles. The first-order chi connectivity index (χ1) is 17.2. The number of aromatic nitrogens is 2. The first-order valence-electron chi connectivity index (χ1n) is 11.9. The van der Waals surface area contributed by atoms with Crippen LogP contribution in [0.25, 0.3) is 10.2 Å². The number of sulfonamides is 1. The van der Waals surface area contributed by atoms with Gasteiger partial charge in [-0.2, -0.15) is 0 Å². The van der Waals surface area contributed by atoms with Crippen LogP contribution in [0.3, 0.4) is 0 Å². The number of anilines is 1. The largest absolute Gasteiger partial charge is 0.278 e. The molecule has 9 heteroatoms. The van der Waals surface area contributed by atoms with Crippen LogP contribution < -0.4 is 4.90 Å². The van der Waals surface area contributed by atoms with Crippen molar-refractivity contribution in [3.63, 3.8) is 0 Å². The van der Waals surface area contributed by atoms with Crippen molar-refractivity contribution in [2.24, 2.45) is 0 Å². The van der Waals surface area contributed by atoms with Gasteiger partial charge in [-0.3, -0.25) is 14.7 Å². The second-order valence-corrected chi connectivity index (χ2v) is 11.9. The topological polar surface area (TPSA) is 83.5 Å². The molecular weight excluding hydrogens is 492 g/mol. The summed E-state index contributed by atoms with van der Waals surface area (Å²) in [6, 6.07) is 15.8. The Morgan fingerprint density at radius 2 is 1.75 bits per heavy atom. The van der Waals surface area contributed by atoms with Crippen molar-refractivity contribution in [3.8, 4) is 0 Å². The molecule has 188 valence electrons. The summed E-state index contributed by atoms with van der Waals surface area (Å²) in [4.78, 5) is 24.6. The molecule has 2 aromatic heterocycles. The fraction of sp³-hybridized carbons (Fsp3) is 0.296. The summed E-state index contributed by atoms with van der Waals surface area (Å²) in [5.74, 6) is -0.267. The maximum absolute atomic E-state index is 13.7. The Morgan fingerprint density at radius 3 is 2.42 bits per heavy atom. The van der Waals surface area contributed by atoms with E-state index in [4.69, 9.17) is 4.98 Å². The van der Waals surface area contributed by atoms with Crippen LogP contribution in [0.5, 0.6) is 0 Å². The molecule has 0 aliphatic carbocycles. The van der Waals surface area contributed by atoms with E-state index >= 15 is 0 Å². The van der Waals surface area contributed by atoms with Crippen LogP contribution in [0.2, 0.25) is 0 Å². The molecule has 0 N–H and O–H groups in total. The monoisotopic (exact) mass is 522 g/mol.